The minimum atomic E-state index is -4.74. The Hall–Kier alpha value is -1.72. The number of allylic oxidation sites excluding steroid dienone is 2. The van der Waals surface area contributed by atoms with Gasteiger partial charge in [-0.1, -0.05) is 31.6 Å². The van der Waals surface area contributed by atoms with Crippen molar-refractivity contribution in [2.45, 2.75) is 51.2 Å². The van der Waals surface area contributed by atoms with Gasteiger partial charge in [-0.2, -0.15) is 13.2 Å². The van der Waals surface area contributed by atoms with Crippen LogP contribution in [0, 0.1) is 5.92 Å². The maximum absolute atomic E-state index is 13.6. The normalized spacial score (nSPS) is 23.0. The molecule has 2 atom stereocenters. The number of aliphatic carboxylic acids is 1. The summed E-state index contributed by atoms with van der Waals surface area (Å²) in [6, 6.07) is -0.335. The van der Waals surface area contributed by atoms with Crippen LogP contribution in [0.5, 0.6) is 0 Å². The lowest BCUT2D eigenvalue weighted by Gasteiger charge is -2.42. The Morgan fingerprint density at radius 3 is 2.35 bits per heavy atom. The fourth-order valence-electron chi connectivity index (χ4n) is 3.40. The van der Waals surface area contributed by atoms with E-state index in [1.807, 2.05) is 0 Å². The molecule has 0 aromatic heterocycles. The first-order chi connectivity index (χ1) is 10.8. The molecule has 1 fully saturated rings. The second-order valence-electron chi connectivity index (χ2n) is 5.69. The Labute approximate surface area is 135 Å². The molecule has 3 nitrogen and oxygen atoms in total. The molecule has 0 spiro atoms. The number of alkyl halides is 3. The summed E-state index contributed by atoms with van der Waals surface area (Å²) in [4.78, 5) is 12.5. The summed E-state index contributed by atoms with van der Waals surface area (Å²) in [6.45, 7) is 8.65. The molecule has 23 heavy (non-hydrogen) atoms. The molecule has 2 unspecified atom stereocenters. The molecule has 0 aromatic rings. The van der Waals surface area contributed by atoms with Gasteiger partial charge in [0.1, 0.15) is 5.70 Å². The summed E-state index contributed by atoms with van der Waals surface area (Å²) in [6.07, 6.45) is 1.65. The first kappa shape index (κ1) is 19.3. The number of halogens is 3. The lowest BCUT2D eigenvalue weighted by molar-refractivity contribution is -0.136. The summed E-state index contributed by atoms with van der Waals surface area (Å²) < 4.78 is 40.8. The van der Waals surface area contributed by atoms with Gasteiger partial charge >= 0.3 is 12.1 Å². The van der Waals surface area contributed by atoms with Crippen LogP contribution in [-0.2, 0) is 4.79 Å². The molecule has 1 rings (SSSR count). The summed E-state index contributed by atoms with van der Waals surface area (Å²) in [5, 5.41) is 9.15. The SMILES string of the molecule is C=CCC1CCCCC1N(CC)C(=C(C=C)C(=O)O)C(F)(F)F. The van der Waals surface area contributed by atoms with E-state index in [1.165, 1.54) is 4.90 Å². The molecule has 0 saturated heterocycles. The fourth-order valence-corrected chi connectivity index (χ4v) is 3.40. The zero-order valence-electron chi connectivity index (χ0n) is 13.4. The van der Waals surface area contributed by atoms with Gasteiger partial charge < -0.3 is 10.0 Å². The molecular formula is C17H24F3NO2. The molecule has 6 heteroatoms. The fraction of sp³-hybridized carbons (Fsp3) is 0.588. The lowest BCUT2D eigenvalue weighted by Crippen LogP contribution is -2.46. The van der Waals surface area contributed by atoms with Crippen molar-refractivity contribution in [3.63, 3.8) is 0 Å². The van der Waals surface area contributed by atoms with Crippen LogP contribution >= 0.6 is 0 Å². The average molecular weight is 331 g/mol. The highest BCUT2D eigenvalue weighted by atomic mass is 19.4. The van der Waals surface area contributed by atoms with Gasteiger partial charge in [0.25, 0.3) is 0 Å². The average Bonchev–Trinajstić information content (AvgIpc) is 2.47. The number of carboxylic acids is 1. The third-order valence-corrected chi connectivity index (χ3v) is 4.32. The maximum atomic E-state index is 13.6. The third-order valence-electron chi connectivity index (χ3n) is 4.32. The van der Waals surface area contributed by atoms with Crippen LogP contribution in [-0.4, -0.2) is 34.7 Å². The number of hydrogen-bond donors (Lipinski definition) is 1. The maximum Gasteiger partial charge on any atom is 0.431 e. The standard InChI is InChI=1S/C17H24F3NO2/c1-4-9-12-10-7-8-11-14(12)21(6-3)15(17(18,19)20)13(5-2)16(22)23/h4-5,12,14H,1-2,6-11H2,3H3,(H,22,23). The second-order valence-corrected chi connectivity index (χ2v) is 5.69. The van der Waals surface area contributed by atoms with Gasteiger partial charge in [0.2, 0.25) is 0 Å². The highest BCUT2D eigenvalue weighted by Gasteiger charge is 2.44. The van der Waals surface area contributed by atoms with E-state index in [9.17, 15) is 18.0 Å². The smallest absolute Gasteiger partial charge is 0.431 e. The van der Waals surface area contributed by atoms with Gasteiger partial charge in [-0.3, -0.25) is 0 Å². The Kier molecular flexibility index (Phi) is 6.91. The van der Waals surface area contributed by atoms with E-state index in [2.05, 4.69) is 13.2 Å². The van der Waals surface area contributed by atoms with Crippen molar-refractivity contribution in [2.75, 3.05) is 6.54 Å². The van der Waals surface area contributed by atoms with Gasteiger partial charge in [0.15, 0.2) is 0 Å². The van der Waals surface area contributed by atoms with Crippen molar-refractivity contribution < 1.29 is 23.1 Å². The van der Waals surface area contributed by atoms with Gasteiger partial charge in [-0.25, -0.2) is 4.79 Å². The van der Waals surface area contributed by atoms with Crippen LogP contribution in [0.3, 0.4) is 0 Å². The van der Waals surface area contributed by atoms with Crippen LogP contribution < -0.4 is 0 Å². The van der Waals surface area contributed by atoms with E-state index >= 15 is 0 Å². The largest absolute Gasteiger partial charge is 0.478 e. The minimum Gasteiger partial charge on any atom is -0.478 e. The number of nitrogens with zero attached hydrogens (tertiary/aromatic N) is 1. The van der Waals surface area contributed by atoms with Crippen LogP contribution in [0.15, 0.2) is 36.6 Å². The van der Waals surface area contributed by atoms with E-state index in [0.29, 0.717) is 12.8 Å². The summed E-state index contributed by atoms with van der Waals surface area (Å²) in [5.74, 6) is -1.56. The molecule has 130 valence electrons. The molecule has 1 aliphatic carbocycles. The van der Waals surface area contributed by atoms with Gasteiger partial charge in [0, 0.05) is 12.6 Å². The molecule has 1 aliphatic rings. The van der Waals surface area contributed by atoms with Gasteiger partial charge in [-0.15, -0.1) is 6.58 Å². The van der Waals surface area contributed by atoms with Crippen molar-refractivity contribution in [1.29, 1.82) is 0 Å². The first-order valence-electron chi connectivity index (χ1n) is 7.82. The van der Waals surface area contributed by atoms with Crippen LogP contribution in [0.2, 0.25) is 0 Å². The van der Waals surface area contributed by atoms with Crippen LogP contribution in [0.1, 0.15) is 39.0 Å². The Morgan fingerprint density at radius 2 is 1.91 bits per heavy atom. The summed E-state index contributed by atoms with van der Waals surface area (Å²) >= 11 is 0. The molecule has 0 radical (unpaired) electrons. The summed E-state index contributed by atoms with van der Waals surface area (Å²) in [5.41, 5.74) is -1.88. The van der Waals surface area contributed by atoms with Gasteiger partial charge in [-0.05, 0) is 32.1 Å². The quantitative estimate of drug-likeness (QED) is 0.423. The van der Waals surface area contributed by atoms with Crippen molar-refractivity contribution >= 4 is 5.97 Å². The number of hydrogen-bond acceptors (Lipinski definition) is 2. The molecule has 0 amide bonds. The van der Waals surface area contributed by atoms with Crippen molar-refractivity contribution in [3.05, 3.63) is 36.6 Å². The second kappa shape index (κ2) is 8.22. The molecular weight excluding hydrogens is 307 g/mol. The predicted molar refractivity (Wildman–Crippen MR) is 83.9 cm³/mol. The van der Waals surface area contributed by atoms with E-state index in [1.54, 1.807) is 13.0 Å². The predicted octanol–water partition coefficient (Wildman–Crippen LogP) is 4.53. The van der Waals surface area contributed by atoms with Crippen molar-refractivity contribution in [1.82, 2.24) is 4.90 Å². The molecule has 0 heterocycles. The highest BCUT2D eigenvalue weighted by molar-refractivity contribution is 5.90. The van der Waals surface area contributed by atoms with Gasteiger partial charge in [0.05, 0.1) is 5.57 Å². The monoisotopic (exact) mass is 331 g/mol. The number of carbonyl (C=O) groups is 1. The van der Waals surface area contributed by atoms with E-state index in [4.69, 9.17) is 5.11 Å². The van der Waals surface area contributed by atoms with E-state index in [-0.39, 0.29) is 18.5 Å². The topological polar surface area (TPSA) is 40.5 Å². The first-order valence-corrected chi connectivity index (χ1v) is 7.82. The minimum absolute atomic E-state index is 0.0541. The zero-order valence-corrected chi connectivity index (χ0v) is 13.4. The Bertz CT molecular complexity index is 483. The zero-order chi connectivity index (χ0) is 17.6. The van der Waals surface area contributed by atoms with E-state index in [0.717, 1.165) is 25.3 Å². The summed E-state index contributed by atoms with van der Waals surface area (Å²) in [7, 11) is 0. The molecule has 1 N–H and O–H groups in total. The molecule has 0 bridgehead atoms. The lowest BCUT2D eigenvalue weighted by atomic mass is 9.81. The molecule has 0 aliphatic heterocycles. The van der Waals surface area contributed by atoms with Crippen molar-refractivity contribution in [2.24, 2.45) is 5.92 Å². The highest BCUT2D eigenvalue weighted by Crippen LogP contribution is 2.39. The number of rotatable bonds is 7. The molecule has 0 aromatic carbocycles. The number of carboxylic acid groups (broad SMARTS) is 1. The Balaban J connectivity index is 3.37. The van der Waals surface area contributed by atoms with Crippen LogP contribution in [0.4, 0.5) is 13.2 Å². The van der Waals surface area contributed by atoms with E-state index < -0.39 is 23.4 Å². The van der Waals surface area contributed by atoms with Crippen LogP contribution in [0.25, 0.3) is 0 Å². The molecule has 1 saturated carbocycles. The third kappa shape index (κ3) is 4.62. The van der Waals surface area contributed by atoms with Crippen molar-refractivity contribution in [3.8, 4) is 0 Å². The Morgan fingerprint density at radius 1 is 1.30 bits per heavy atom.